The van der Waals surface area contributed by atoms with Gasteiger partial charge in [-0.05, 0) is 30.9 Å². The van der Waals surface area contributed by atoms with E-state index in [-0.39, 0.29) is 0 Å². The van der Waals surface area contributed by atoms with Gasteiger partial charge in [0, 0.05) is 24.3 Å². The van der Waals surface area contributed by atoms with E-state index < -0.39 is 0 Å². The van der Waals surface area contributed by atoms with Gasteiger partial charge in [-0.1, -0.05) is 18.2 Å². The third-order valence-corrected chi connectivity index (χ3v) is 3.07. The Morgan fingerprint density at radius 1 is 1.14 bits per heavy atom. The molecule has 1 saturated carbocycles. The first kappa shape index (κ1) is 8.30. The van der Waals surface area contributed by atoms with E-state index in [1.54, 1.807) is 0 Å². The van der Waals surface area contributed by atoms with Crippen molar-refractivity contribution in [2.24, 2.45) is 0 Å². The minimum absolute atomic E-state index is 0.636. The smallest absolute Gasteiger partial charge is 0.0373 e. The number of nitrogens with one attached hydrogen (secondary N) is 2. The summed E-state index contributed by atoms with van der Waals surface area (Å²) in [5.74, 6) is 0. The van der Waals surface area contributed by atoms with Crippen LogP contribution in [-0.2, 0) is 6.42 Å². The van der Waals surface area contributed by atoms with E-state index >= 15 is 0 Å². The fourth-order valence-electron chi connectivity index (χ4n) is 2.14. The maximum Gasteiger partial charge on any atom is 0.0373 e. The van der Waals surface area contributed by atoms with Gasteiger partial charge in [-0.25, -0.2) is 0 Å². The van der Waals surface area contributed by atoms with Gasteiger partial charge in [0.15, 0.2) is 0 Å². The summed E-state index contributed by atoms with van der Waals surface area (Å²) in [5.41, 5.74) is 2.78. The zero-order chi connectivity index (χ0) is 9.38. The topological polar surface area (TPSA) is 24.1 Å². The van der Waals surface area contributed by atoms with Crippen LogP contribution in [0.3, 0.4) is 0 Å². The van der Waals surface area contributed by atoms with Gasteiger partial charge in [0.1, 0.15) is 0 Å². The molecular formula is C12H16N2. The summed E-state index contributed by atoms with van der Waals surface area (Å²) in [6.07, 6.45) is 3.93. The lowest BCUT2D eigenvalue weighted by Crippen LogP contribution is -2.41. The Balaban J connectivity index is 1.72. The van der Waals surface area contributed by atoms with Crippen LogP contribution in [0, 0.1) is 0 Å². The molecule has 0 spiro atoms. The third kappa shape index (κ3) is 1.62. The number of hydrogen-bond acceptors (Lipinski definition) is 2. The second-order valence-electron chi connectivity index (χ2n) is 4.38. The van der Waals surface area contributed by atoms with Crippen LogP contribution in [-0.4, -0.2) is 18.6 Å². The molecule has 74 valence electrons. The fraction of sp³-hybridized carbons (Fsp3) is 0.500. The van der Waals surface area contributed by atoms with E-state index in [1.165, 1.54) is 30.5 Å². The van der Waals surface area contributed by atoms with Crippen LogP contribution in [0.4, 0.5) is 5.69 Å². The lowest BCUT2D eigenvalue weighted by Gasteiger charge is -2.26. The van der Waals surface area contributed by atoms with Gasteiger partial charge in [-0.3, -0.25) is 0 Å². The number of fused-ring (bicyclic) bond motifs is 1. The highest BCUT2D eigenvalue weighted by Gasteiger charge is 2.26. The van der Waals surface area contributed by atoms with Gasteiger partial charge < -0.3 is 10.6 Å². The number of para-hydroxylation sites is 1. The molecule has 2 aliphatic rings. The van der Waals surface area contributed by atoms with Crippen LogP contribution in [0.2, 0.25) is 0 Å². The molecule has 1 unspecified atom stereocenters. The maximum atomic E-state index is 3.67. The second kappa shape index (κ2) is 3.28. The number of hydrogen-bond donors (Lipinski definition) is 2. The highest BCUT2D eigenvalue weighted by Crippen LogP contribution is 2.24. The first-order valence-corrected chi connectivity index (χ1v) is 5.49. The van der Waals surface area contributed by atoms with E-state index in [0.29, 0.717) is 6.04 Å². The monoisotopic (exact) mass is 188 g/mol. The van der Waals surface area contributed by atoms with Gasteiger partial charge in [-0.15, -0.1) is 0 Å². The van der Waals surface area contributed by atoms with E-state index in [4.69, 9.17) is 0 Å². The molecule has 1 aliphatic heterocycles. The van der Waals surface area contributed by atoms with Crippen LogP contribution >= 0.6 is 0 Å². The first-order chi connectivity index (χ1) is 6.92. The van der Waals surface area contributed by atoms with Crippen molar-refractivity contribution in [3.05, 3.63) is 29.8 Å². The average Bonchev–Trinajstić information content (AvgIpc) is 3.02. The van der Waals surface area contributed by atoms with Gasteiger partial charge in [0.05, 0.1) is 0 Å². The van der Waals surface area contributed by atoms with Crippen molar-refractivity contribution in [1.82, 2.24) is 5.32 Å². The molecule has 1 aromatic rings. The highest BCUT2D eigenvalue weighted by molar-refractivity contribution is 5.53. The van der Waals surface area contributed by atoms with Crippen LogP contribution in [0.5, 0.6) is 0 Å². The number of anilines is 1. The average molecular weight is 188 g/mol. The minimum Gasteiger partial charge on any atom is -0.383 e. The standard InChI is InChI=1S/C12H16N2/c1-2-4-12-9(3-1)7-11(8-13-12)14-10-5-6-10/h1-4,10-11,13-14H,5-8H2. The zero-order valence-corrected chi connectivity index (χ0v) is 8.29. The largest absolute Gasteiger partial charge is 0.383 e. The summed E-state index contributed by atoms with van der Waals surface area (Å²) in [5, 5.41) is 7.15. The quantitative estimate of drug-likeness (QED) is 0.739. The molecule has 0 saturated heterocycles. The molecule has 0 radical (unpaired) electrons. The SMILES string of the molecule is c1ccc2c(c1)CC(NC1CC1)CN2. The summed E-state index contributed by atoms with van der Waals surface area (Å²) < 4.78 is 0. The predicted octanol–water partition coefficient (Wildman–Crippen LogP) is 1.78. The number of rotatable bonds is 2. The Kier molecular flexibility index (Phi) is 1.95. The summed E-state index contributed by atoms with van der Waals surface area (Å²) in [6, 6.07) is 10.1. The van der Waals surface area contributed by atoms with Crippen LogP contribution in [0.1, 0.15) is 18.4 Å². The first-order valence-electron chi connectivity index (χ1n) is 5.49. The molecule has 1 aliphatic carbocycles. The van der Waals surface area contributed by atoms with Crippen molar-refractivity contribution < 1.29 is 0 Å². The molecule has 1 heterocycles. The van der Waals surface area contributed by atoms with Gasteiger partial charge in [0.2, 0.25) is 0 Å². The van der Waals surface area contributed by atoms with Crippen LogP contribution in [0.15, 0.2) is 24.3 Å². The summed E-state index contributed by atoms with van der Waals surface area (Å²) in [6.45, 7) is 1.08. The van der Waals surface area contributed by atoms with Gasteiger partial charge in [-0.2, -0.15) is 0 Å². The van der Waals surface area contributed by atoms with E-state index in [1.807, 2.05) is 0 Å². The van der Waals surface area contributed by atoms with Crippen molar-refractivity contribution in [2.45, 2.75) is 31.3 Å². The molecule has 1 atom stereocenters. The fourth-order valence-corrected chi connectivity index (χ4v) is 2.14. The summed E-state index contributed by atoms with van der Waals surface area (Å²) in [4.78, 5) is 0. The predicted molar refractivity (Wildman–Crippen MR) is 58.6 cm³/mol. The Labute approximate surface area is 84.7 Å². The molecule has 3 rings (SSSR count). The molecule has 0 amide bonds. The summed E-state index contributed by atoms with van der Waals surface area (Å²) in [7, 11) is 0. The maximum absolute atomic E-state index is 3.67. The Hall–Kier alpha value is -1.02. The Bertz CT molecular complexity index is 331. The lowest BCUT2D eigenvalue weighted by molar-refractivity contribution is 0.515. The van der Waals surface area contributed by atoms with Crippen molar-refractivity contribution in [2.75, 3.05) is 11.9 Å². The van der Waals surface area contributed by atoms with Crippen molar-refractivity contribution in [3.8, 4) is 0 Å². The molecule has 0 bridgehead atoms. The molecular weight excluding hydrogens is 172 g/mol. The van der Waals surface area contributed by atoms with Gasteiger partial charge in [0.25, 0.3) is 0 Å². The van der Waals surface area contributed by atoms with Crippen LogP contribution in [0.25, 0.3) is 0 Å². The molecule has 0 aromatic heterocycles. The van der Waals surface area contributed by atoms with Crippen LogP contribution < -0.4 is 10.6 Å². The minimum atomic E-state index is 0.636. The van der Waals surface area contributed by atoms with Gasteiger partial charge >= 0.3 is 0 Å². The highest BCUT2D eigenvalue weighted by atomic mass is 15.0. The molecule has 1 fully saturated rings. The molecule has 1 aromatic carbocycles. The second-order valence-corrected chi connectivity index (χ2v) is 4.38. The van der Waals surface area contributed by atoms with E-state index in [9.17, 15) is 0 Å². The van der Waals surface area contributed by atoms with Crippen molar-refractivity contribution in [1.29, 1.82) is 0 Å². The van der Waals surface area contributed by atoms with Crippen molar-refractivity contribution in [3.63, 3.8) is 0 Å². The van der Waals surface area contributed by atoms with E-state index in [0.717, 1.165) is 12.6 Å². The molecule has 2 nitrogen and oxygen atoms in total. The summed E-state index contributed by atoms with van der Waals surface area (Å²) >= 11 is 0. The molecule has 2 N–H and O–H groups in total. The molecule has 14 heavy (non-hydrogen) atoms. The number of benzene rings is 1. The lowest BCUT2D eigenvalue weighted by atomic mass is 10.00. The Morgan fingerprint density at radius 2 is 2.00 bits per heavy atom. The van der Waals surface area contributed by atoms with Crippen molar-refractivity contribution >= 4 is 5.69 Å². The zero-order valence-electron chi connectivity index (χ0n) is 8.29. The molecule has 2 heteroatoms. The Morgan fingerprint density at radius 3 is 2.86 bits per heavy atom. The van der Waals surface area contributed by atoms with E-state index in [2.05, 4.69) is 34.9 Å². The normalized spacial score (nSPS) is 25.3. The third-order valence-electron chi connectivity index (χ3n) is 3.07.